The predicted molar refractivity (Wildman–Crippen MR) is 52.8 cm³/mol. The van der Waals surface area contributed by atoms with E-state index < -0.39 is 4.92 Å². The molecule has 0 aliphatic carbocycles. The van der Waals surface area contributed by atoms with Crippen molar-refractivity contribution >= 4 is 23.1 Å². The molecule has 0 atom stereocenters. The summed E-state index contributed by atoms with van der Waals surface area (Å²) in [5.74, 6) is -0.367. The van der Waals surface area contributed by atoms with Gasteiger partial charge in [-0.2, -0.15) is 0 Å². The maximum Gasteiger partial charge on any atom is 0.411 e. The average molecular weight is 217 g/mol. The Morgan fingerprint density at radius 2 is 2.21 bits per heavy atom. The number of halogens is 1. The number of rotatable bonds is 2. The first-order valence-corrected chi connectivity index (χ1v) is 4.23. The van der Waals surface area contributed by atoms with Crippen LogP contribution in [0.15, 0.2) is 5.10 Å². The van der Waals surface area contributed by atoms with E-state index in [2.05, 4.69) is 10.2 Å². The molecule has 1 aromatic heterocycles. The number of nitro groups is 1. The van der Waals surface area contributed by atoms with E-state index in [1.807, 2.05) is 0 Å². The molecule has 0 saturated heterocycles. The zero-order valence-corrected chi connectivity index (χ0v) is 8.74. The quantitative estimate of drug-likeness (QED) is 0.431. The van der Waals surface area contributed by atoms with Gasteiger partial charge in [0.1, 0.15) is 5.69 Å². The minimum Gasteiger partial charge on any atom is -0.358 e. The van der Waals surface area contributed by atoms with Crippen molar-refractivity contribution in [3.05, 3.63) is 20.8 Å². The molecule has 14 heavy (non-hydrogen) atoms. The number of hydrogen-bond donors (Lipinski definition) is 0. The molecule has 76 valence electrons. The molecular weight excluding hydrogens is 208 g/mol. The first-order valence-electron chi connectivity index (χ1n) is 3.85. The van der Waals surface area contributed by atoms with Gasteiger partial charge in [-0.1, -0.05) is 16.4 Å². The Bertz CT molecular complexity index is 406. The lowest BCUT2D eigenvalue weighted by molar-refractivity contribution is -0.389. The molecule has 0 radical (unpaired) electrons. The van der Waals surface area contributed by atoms with Crippen LogP contribution < -0.4 is 0 Å². The normalized spacial score (nSPS) is 10.0. The molecule has 0 saturated carbocycles. The van der Waals surface area contributed by atoms with Crippen molar-refractivity contribution in [2.24, 2.45) is 5.10 Å². The topological polar surface area (TPSA) is 73.3 Å². The van der Waals surface area contributed by atoms with Crippen LogP contribution >= 0.6 is 11.6 Å². The van der Waals surface area contributed by atoms with Gasteiger partial charge in [0, 0.05) is 5.71 Å². The Balaban J connectivity index is 3.29. The zero-order valence-electron chi connectivity index (χ0n) is 7.98. The van der Waals surface area contributed by atoms with Crippen molar-refractivity contribution in [3.8, 4) is 0 Å². The first-order chi connectivity index (χ1) is 6.43. The summed E-state index contributed by atoms with van der Waals surface area (Å²) in [6.07, 6.45) is 0. The molecule has 0 aromatic carbocycles. The van der Waals surface area contributed by atoms with Crippen molar-refractivity contribution in [2.45, 2.75) is 20.8 Å². The molecular formula is C7H9ClN4O2. The summed E-state index contributed by atoms with van der Waals surface area (Å²) >= 11 is 5.70. The lowest BCUT2D eigenvalue weighted by Crippen LogP contribution is -1.98. The van der Waals surface area contributed by atoms with Crippen LogP contribution in [0.3, 0.4) is 0 Å². The number of hydrogen-bond acceptors (Lipinski definition) is 4. The van der Waals surface area contributed by atoms with Crippen LogP contribution in [0, 0.1) is 17.0 Å². The molecule has 0 unspecified atom stereocenters. The van der Waals surface area contributed by atoms with Crippen molar-refractivity contribution < 1.29 is 4.92 Å². The van der Waals surface area contributed by atoms with E-state index in [9.17, 15) is 10.1 Å². The number of nitrogens with zero attached hydrogens (tertiary/aromatic N) is 4. The smallest absolute Gasteiger partial charge is 0.358 e. The van der Waals surface area contributed by atoms with Crippen molar-refractivity contribution in [3.63, 3.8) is 0 Å². The van der Waals surface area contributed by atoms with Crippen LogP contribution in [0.2, 0.25) is 5.02 Å². The average Bonchev–Trinajstić information content (AvgIpc) is 2.32. The highest BCUT2D eigenvalue weighted by molar-refractivity contribution is 6.33. The van der Waals surface area contributed by atoms with Gasteiger partial charge in [-0.25, -0.2) is 0 Å². The summed E-state index contributed by atoms with van der Waals surface area (Å²) < 4.78 is 0. The van der Waals surface area contributed by atoms with Crippen LogP contribution in [0.1, 0.15) is 19.5 Å². The van der Waals surface area contributed by atoms with E-state index in [0.29, 0.717) is 5.69 Å². The van der Waals surface area contributed by atoms with Crippen LogP contribution in [0.25, 0.3) is 0 Å². The largest absolute Gasteiger partial charge is 0.411 e. The fourth-order valence-electron chi connectivity index (χ4n) is 0.862. The van der Waals surface area contributed by atoms with Gasteiger partial charge in [0.25, 0.3) is 0 Å². The highest BCUT2D eigenvalue weighted by atomic mass is 35.5. The standard InChI is InChI=1S/C7H9ClN4O2/c1-4(2)9-11-5(3)6(8)7(10-11)12(13)14/h1-3H3. The van der Waals surface area contributed by atoms with Gasteiger partial charge in [0.2, 0.25) is 0 Å². The monoisotopic (exact) mass is 216 g/mol. The van der Waals surface area contributed by atoms with E-state index >= 15 is 0 Å². The fraction of sp³-hybridized carbons (Fsp3) is 0.429. The third-order valence-corrected chi connectivity index (χ3v) is 1.91. The van der Waals surface area contributed by atoms with Crippen molar-refractivity contribution in [1.29, 1.82) is 0 Å². The molecule has 0 amide bonds. The molecule has 1 heterocycles. The summed E-state index contributed by atoms with van der Waals surface area (Å²) in [6.45, 7) is 5.15. The minimum atomic E-state index is -0.633. The van der Waals surface area contributed by atoms with Crippen molar-refractivity contribution in [1.82, 2.24) is 9.89 Å². The Kier molecular flexibility index (Phi) is 2.85. The van der Waals surface area contributed by atoms with Gasteiger partial charge in [0.05, 0.1) is 5.10 Å². The van der Waals surface area contributed by atoms with Crippen LogP contribution in [-0.2, 0) is 0 Å². The molecule has 0 aliphatic rings. The second kappa shape index (κ2) is 3.75. The predicted octanol–water partition coefficient (Wildman–Crippen LogP) is 2.00. The van der Waals surface area contributed by atoms with Crippen molar-refractivity contribution in [2.75, 3.05) is 0 Å². The Morgan fingerprint density at radius 1 is 1.64 bits per heavy atom. The summed E-state index contributed by atoms with van der Waals surface area (Å²) in [4.78, 5) is 11.0. The maximum atomic E-state index is 10.5. The van der Waals surface area contributed by atoms with Gasteiger partial charge >= 0.3 is 5.82 Å². The SMILES string of the molecule is CC(C)=Nn1nc([N+](=O)[O-])c(Cl)c1C. The minimum absolute atomic E-state index is 0.0278. The summed E-state index contributed by atoms with van der Waals surface area (Å²) in [6, 6.07) is 0. The maximum absolute atomic E-state index is 10.5. The van der Waals surface area contributed by atoms with Gasteiger partial charge in [-0.3, -0.25) is 0 Å². The van der Waals surface area contributed by atoms with E-state index in [-0.39, 0.29) is 10.8 Å². The highest BCUT2D eigenvalue weighted by Crippen LogP contribution is 2.26. The molecule has 0 bridgehead atoms. The third kappa shape index (κ3) is 1.90. The van der Waals surface area contributed by atoms with Crippen LogP contribution in [0.5, 0.6) is 0 Å². The Hall–Kier alpha value is -1.43. The van der Waals surface area contributed by atoms with Crippen LogP contribution in [0.4, 0.5) is 5.82 Å². The van der Waals surface area contributed by atoms with E-state index in [0.717, 1.165) is 10.5 Å². The molecule has 6 nitrogen and oxygen atoms in total. The van der Waals surface area contributed by atoms with E-state index in [1.54, 1.807) is 20.8 Å². The first kappa shape index (κ1) is 10.6. The van der Waals surface area contributed by atoms with Gasteiger partial charge in [-0.05, 0) is 25.7 Å². The van der Waals surface area contributed by atoms with E-state index in [1.165, 1.54) is 0 Å². The fourth-order valence-corrected chi connectivity index (χ4v) is 1.04. The molecule has 7 heteroatoms. The Labute approximate surface area is 85.3 Å². The van der Waals surface area contributed by atoms with Crippen LogP contribution in [-0.4, -0.2) is 20.5 Å². The zero-order chi connectivity index (χ0) is 10.9. The Morgan fingerprint density at radius 3 is 2.57 bits per heavy atom. The summed E-state index contributed by atoms with van der Waals surface area (Å²) in [5, 5.41) is 18.1. The van der Waals surface area contributed by atoms with E-state index in [4.69, 9.17) is 11.6 Å². The van der Waals surface area contributed by atoms with Gasteiger partial charge in [-0.15, -0.1) is 5.10 Å². The number of aromatic nitrogens is 2. The lowest BCUT2D eigenvalue weighted by Gasteiger charge is -1.89. The van der Waals surface area contributed by atoms with Gasteiger partial charge in [0.15, 0.2) is 5.02 Å². The molecule has 0 N–H and O–H groups in total. The molecule has 1 aromatic rings. The molecule has 0 spiro atoms. The summed E-state index contributed by atoms with van der Waals surface area (Å²) in [5.41, 5.74) is 1.20. The molecule has 0 fully saturated rings. The second-order valence-corrected chi connectivity index (χ2v) is 3.29. The highest BCUT2D eigenvalue weighted by Gasteiger charge is 2.23. The second-order valence-electron chi connectivity index (χ2n) is 2.92. The lowest BCUT2D eigenvalue weighted by atomic mass is 10.5. The third-order valence-electron chi connectivity index (χ3n) is 1.47. The summed E-state index contributed by atoms with van der Waals surface area (Å²) in [7, 11) is 0. The van der Waals surface area contributed by atoms with Gasteiger partial charge < -0.3 is 10.1 Å². The molecule has 1 rings (SSSR count). The molecule has 0 aliphatic heterocycles.